The molecule has 0 aliphatic carbocycles. The van der Waals surface area contributed by atoms with Crippen molar-refractivity contribution >= 4 is 46.8 Å². The molecule has 2 N–H and O–H groups in total. The summed E-state index contributed by atoms with van der Waals surface area (Å²) in [5.41, 5.74) is 1.05. The first-order valence-corrected chi connectivity index (χ1v) is 11.6. The second kappa shape index (κ2) is 9.71. The maximum absolute atomic E-state index is 13.0. The maximum Gasteiger partial charge on any atom is 0.325 e. The Morgan fingerprint density at radius 2 is 1.89 bits per heavy atom. The number of hydrogen-bond donors (Lipinski definition) is 2. The fourth-order valence-electron chi connectivity index (χ4n) is 3.74. The van der Waals surface area contributed by atoms with Crippen molar-refractivity contribution in [1.82, 2.24) is 25.4 Å². The average molecular weight is 494 g/mol. The van der Waals surface area contributed by atoms with Crippen LogP contribution in [0.15, 0.2) is 53.7 Å². The molecule has 2 saturated heterocycles. The number of carbonyl (C=O) groups excluding carboxylic acids is 5. The molecule has 0 radical (unpaired) electrons. The number of amides is 6. The van der Waals surface area contributed by atoms with E-state index in [1.54, 1.807) is 49.7 Å². The van der Waals surface area contributed by atoms with Crippen LogP contribution in [0.4, 0.5) is 9.59 Å². The zero-order valence-corrected chi connectivity index (χ0v) is 19.9. The normalized spacial score (nSPS) is 21.1. The molecule has 2 aliphatic rings. The van der Waals surface area contributed by atoms with Gasteiger partial charge in [-0.3, -0.25) is 34.0 Å². The summed E-state index contributed by atoms with van der Waals surface area (Å²) in [5.74, 6) is -1.58. The van der Waals surface area contributed by atoms with Crippen LogP contribution >= 0.6 is 11.8 Å². The summed E-state index contributed by atoms with van der Waals surface area (Å²) in [6.07, 6.45) is 4.76. The van der Waals surface area contributed by atoms with Crippen LogP contribution in [0.1, 0.15) is 23.6 Å². The standard InChI is InChI=1S/C24H23N5O5S/c1-15-5-7-17(8-6-15)24(2)21(32)29(22(33)27-24)14-19(30)26-10-11-28-20(31)18(35-23(28)34)12-16-4-3-9-25-13-16/h3-9,12-13H,10-11,14H2,1-2H3,(H,26,30)(H,27,33)/b18-12+/t24-/m0/s1. The van der Waals surface area contributed by atoms with Crippen molar-refractivity contribution in [2.75, 3.05) is 19.6 Å². The largest absolute Gasteiger partial charge is 0.353 e. The highest BCUT2D eigenvalue weighted by Crippen LogP contribution is 2.32. The predicted molar refractivity (Wildman–Crippen MR) is 129 cm³/mol. The Morgan fingerprint density at radius 3 is 2.57 bits per heavy atom. The van der Waals surface area contributed by atoms with Gasteiger partial charge < -0.3 is 10.6 Å². The fourth-order valence-corrected chi connectivity index (χ4v) is 4.60. The number of carbonyl (C=O) groups is 5. The number of urea groups is 1. The highest BCUT2D eigenvalue weighted by atomic mass is 32.2. The van der Waals surface area contributed by atoms with Crippen LogP contribution in [-0.4, -0.2) is 63.4 Å². The minimum absolute atomic E-state index is 0.0179. The van der Waals surface area contributed by atoms with E-state index in [9.17, 15) is 24.0 Å². The quantitative estimate of drug-likeness (QED) is 0.446. The number of pyridine rings is 1. The maximum atomic E-state index is 13.0. The van der Waals surface area contributed by atoms with E-state index in [1.807, 2.05) is 19.1 Å². The Morgan fingerprint density at radius 1 is 1.14 bits per heavy atom. The summed E-state index contributed by atoms with van der Waals surface area (Å²) in [4.78, 5) is 68.8. The molecule has 6 amide bonds. The van der Waals surface area contributed by atoms with E-state index in [0.717, 1.165) is 27.1 Å². The number of imide groups is 2. The first-order chi connectivity index (χ1) is 16.7. The van der Waals surface area contributed by atoms with Gasteiger partial charge in [-0.15, -0.1) is 0 Å². The number of benzene rings is 1. The van der Waals surface area contributed by atoms with Gasteiger partial charge in [0.25, 0.3) is 17.1 Å². The van der Waals surface area contributed by atoms with Crippen molar-refractivity contribution < 1.29 is 24.0 Å². The van der Waals surface area contributed by atoms with Crippen LogP contribution in [0.25, 0.3) is 6.08 Å². The highest BCUT2D eigenvalue weighted by molar-refractivity contribution is 8.18. The van der Waals surface area contributed by atoms with Crippen LogP contribution in [0.3, 0.4) is 0 Å². The van der Waals surface area contributed by atoms with Crippen LogP contribution in [0, 0.1) is 6.92 Å². The summed E-state index contributed by atoms with van der Waals surface area (Å²) in [6, 6.07) is 10.0. The first-order valence-electron chi connectivity index (χ1n) is 10.8. The predicted octanol–water partition coefficient (Wildman–Crippen LogP) is 2.01. The minimum atomic E-state index is -1.27. The SMILES string of the molecule is Cc1ccc([C@]2(C)NC(=O)N(CC(=O)NCCN3C(=O)S/C(=C/c4cccnc4)C3=O)C2=O)cc1. The van der Waals surface area contributed by atoms with Gasteiger partial charge >= 0.3 is 6.03 Å². The molecule has 11 heteroatoms. The molecule has 4 rings (SSSR count). The molecule has 0 saturated carbocycles. The number of thioether (sulfide) groups is 1. The van der Waals surface area contributed by atoms with E-state index in [2.05, 4.69) is 15.6 Å². The highest BCUT2D eigenvalue weighted by Gasteiger charge is 2.49. The van der Waals surface area contributed by atoms with Gasteiger partial charge in [-0.1, -0.05) is 35.9 Å². The molecule has 180 valence electrons. The average Bonchev–Trinajstić information content (AvgIpc) is 3.22. The molecule has 2 fully saturated rings. The lowest BCUT2D eigenvalue weighted by Crippen LogP contribution is -2.44. The Kier molecular flexibility index (Phi) is 6.70. The number of hydrogen-bond acceptors (Lipinski definition) is 7. The van der Waals surface area contributed by atoms with Crippen LogP contribution in [-0.2, 0) is 19.9 Å². The zero-order valence-electron chi connectivity index (χ0n) is 19.1. The van der Waals surface area contributed by atoms with Gasteiger partial charge in [0.15, 0.2) is 0 Å². The topological polar surface area (TPSA) is 129 Å². The van der Waals surface area contributed by atoms with Gasteiger partial charge in [0.05, 0.1) is 4.91 Å². The fraction of sp³-hybridized carbons (Fsp3) is 0.250. The van der Waals surface area contributed by atoms with E-state index in [-0.39, 0.29) is 18.0 Å². The third kappa shape index (κ3) is 4.94. The van der Waals surface area contributed by atoms with Crippen molar-refractivity contribution in [1.29, 1.82) is 0 Å². The van der Waals surface area contributed by atoms with Gasteiger partial charge in [0, 0.05) is 25.5 Å². The summed E-state index contributed by atoms with van der Waals surface area (Å²) in [5, 5.41) is 4.77. The molecule has 2 aliphatic heterocycles. The van der Waals surface area contributed by atoms with Gasteiger partial charge in [-0.2, -0.15) is 0 Å². The molecule has 0 unspecified atom stereocenters. The molecule has 0 spiro atoms. The third-order valence-corrected chi connectivity index (χ3v) is 6.63. The number of aromatic nitrogens is 1. The van der Waals surface area contributed by atoms with Gasteiger partial charge in [0.2, 0.25) is 5.91 Å². The van der Waals surface area contributed by atoms with Crippen molar-refractivity contribution in [3.8, 4) is 0 Å². The number of aryl methyl sites for hydroxylation is 1. The van der Waals surface area contributed by atoms with Crippen LogP contribution < -0.4 is 10.6 Å². The Balaban J connectivity index is 1.32. The number of nitrogens with one attached hydrogen (secondary N) is 2. The second-order valence-electron chi connectivity index (χ2n) is 8.28. The molecular weight excluding hydrogens is 470 g/mol. The molecule has 3 heterocycles. The van der Waals surface area contributed by atoms with E-state index in [1.165, 1.54) is 0 Å². The van der Waals surface area contributed by atoms with Crippen molar-refractivity contribution in [3.05, 3.63) is 70.4 Å². The smallest absolute Gasteiger partial charge is 0.325 e. The molecule has 0 bridgehead atoms. The molecule has 1 atom stereocenters. The summed E-state index contributed by atoms with van der Waals surface area (Å²) >= 11 is 0.813. The van der Waals surface area contributed by atoms with Crippen molar-refractivity contribution in [2.24, 2.45) is 0 Å². The lowest BCUT2D eigenvalue weighted by molar-refractivity contribution is -0.134. The number of rotatable bonds is 7. The van der Waals surface area contributed by atoms with E-state index >= 15 is 0 Å². The lowest BCUT2D eigenvalue weighted by Gasteiger charge is -2.22. The number of nitrogens with zero attached hydrogens (tertiary/aromatic N) is 3. The third-order valence-electron chi connectivity index (χ3n) is 5.72. The van der Waals surface area contributed by atoms with Gasteiger partial charge in [-0.05, 0) is 48.9 Å². The lowest BCUT2D eigenvalue weighted by atomic mass is 9.91. The molecular formula is C24H23N5O5S. The summed E-state index contributed by atoms with van der Waals surface area (Å²) in [6.45, 7) is 2.97. The Bertz CT molecular complexity index is 1230. The van der Waals surface area contributed by atoms with Gasteiger partial charge in [-0.25, -0.2) is 4.79 Å². The summed E-state index contributed by atoms with van der Waals surface area (Å²) in [7, 11) is 0. The van der Waals surface area contributed by atoms with E-state index in [4.69, 9.17) is 0 Å². The van der Waals surface area contributed by atoms with Gasteiger partial charge in [0.1, 0.15) is 12.1 Å². The monoisotopic (exact) mass is 493 g/mol. The first kappa shape index (κ1) is 24.1. The van der Waals surface area contributed by atoms with Crippen LogP contribution in [0.5, 0.6) is 0 Å². The molecule has 2 aromatic rings. The zero-order chi connectivity index (χ0) is 25.2. The Hall–Kier alpha value is -3.99. The van der Waals surface area contributed by atoms with Crippen molar-refractivity contribution in [2.45, 2.75) is 19.4 Å². The second-order valence-corrected chi connectivity index (χ2v) is 9.28. The molecule has 1 aromatic carbocycles. The van der Waals surface area contributed by atoms with Crippen molar-refractivity contribution in [3.63, 3.8) is 0 Å². The molecule has 10 nitrogen and oxygen atoms in total. The Labute approximate surface area is 205 Å². The molecule has 35 heavy (non-hydrogen) atoms. The van der Waals surface area contributed by atoms with E-state index < -0.39 is 41.1 Å². The van der Waals surface area contributed by atoms with Crippen LogP contribution in [0.2, 0.25) is 0 Å². The molecule has 1 aromatic heterocycles. The van der Waals surface area contributed by atoms with E-state index in [0.29, 0.717) is 11.1 Å². The summed E-state index contributed by atoms with van der Waals surface area (Å²) < 4.78 is 0. The minimum Gasteiger partial charge on any atom is -0.353 e.